The quantitative estimate of drug-likeness (QED) is 0.485. The van der Waals surface area contributed by atoms with Crippen LogP contribution in [0.25, 0.3) is 16.8 Å². The third-order valence-corrected chi connectivity index (χ3v) is 4.33. The SMILES string of the molecule is COc1ccc(Nc2nc3nc(Oc4ccccc4)nn3c3ncccc23)cc1. The lowest BCUT2D eigenvalue weighted by Crippen LogP contribution is -2.02. The zero-order chi connectivity index (χ0) is 19.6. The van der Waals surface area contributed by atoms with Crippen LogP contribution in [0.15, 0.2) is 72.9 Å². The van der Waals surface area contributed by atoms with Crippen molar-refractivity contribution in [1.82, 2.24) is 24.6 Å². The number of rotatable bonds is 5. The van der Waals surface area contributed by atoms with Crippen molar-refractivity contribution >= 4 is 28.3 Å². The van der Waals surface area contributed by atoms with E-state index in [1.807, 2.05) is 66.7 Å². The van der Waals surface area contributed by atoms with E-state index in [1.54, 1.807) is 17.8 Å². The van der Waals surface area contributed by atoms with Crippen LogP contribution < -0.4 is 14.8 Å². The zero-order valence-electron chi connectivity index (χ0n) is 15.5. The van der Waals surface area contributed by atoms with Crippen LogP contribution in [0.2, 0.25) is 0 Å². The molecule has 8 heteroatoms. The number of methoxy groups -OCH3 is 1. The first kappa shape index (κ1) is 16.9. The van der Waals surface area contributed by atoms with Crippen LogP contribution in [0.5, 0.6) is 17.5 Å². The predicted octanol–water partition coefficient (Wildman–Crippen LogP) is 4.22. The molecule has 0 aliphatic carbocycles. The highest BCUT2D eigenvalue weighted by atomic mass is 16.5. The molecule has 0 unspecified atom stereocenters. The molecule has 0 amide bonds. The summed E-state index contributed by atoms with van der Waals surface area (Å²) in [5.74, 6) is 2.45. The number of para-hydroxylation sites is 1. The van der Waals surface area contributed by atoms with E-state index in [9.17, 15) is 0 Å². The largest absolute Gasteiger partial charge is 0.497 e. The first-order valence-corrected chi connectivity index (χ1v) is 8.96. The Morgan fingerprint density at radius 1 is 0.862 bits per heavy atom. The summed E-state index contributed by atoms with van der Waals surface area (Å²) in [6.45, 7) is 0. The van der Waals surface area contributed by atoms with Crippen LogP contribution in [-0.4, -0.2) is 31.7 Å². The summed E-state index contributed by atoms with van der Waals surface area (Å²) < 4.78 is 12.5. The molecule has 5 aromatic rings. The first-order valence-electron chi connectivity index (χ1n) is 8.96. The minimum Gasteiger partial charge on any atom is -0.497 e. The highest BCUT2D eigenvalue weighted by molar-refractivity contribution is 5.90. The summed E-state index contributed by atoms with van der Waals surface area (Å²) in [4.78, 5) is 13.5. The van der Waals surface area contributed by atoms with E-state index in [1.165, 1.54) is 0 Å². The number of aromatic nitrogens is 5. The second-order valence-electron chi connectivity index (χ2n) is 6.21. The Bertz CT molecular complexity index is 1290. The summed E-state index contributed by atoms with van der Waals surface area (Å²) in [7, 11) is 1.64. The number of pyridine rings is 1. The maximum Gasteiger partial charge on any atom is 0.343 e. The lowest BCUT2D eigenvalue weighted by atomic mass is 10.2. The van der Waals surface area contributed by atoms with Crippen molar-refractivity contribution in [3.63, 3.8) is 0 Å². The molecule has 3 heterocycles. The Kier molecular flexibility index (Phi) is 4.14. The second kappa shape index (κ2) is 7.08. The fraction of sp³-hybridized carbons (Fsp3) is 0.0476. The standard InChI is InChI=1S/C21H16N6O2/c1-28-15-11-9-14(10-12-15)23-18-17-8-5-13-22-19(17)27-20(24-18)25-21(26-27)29-16-6-3-2-4-7-16/h2-13H,1H3,(H,23,24,25,26). The number of nitrogens with one attached hydrogen (secondary N) is 1. The van der Waals surface area contributed by atoms with Crippen LogP contribution in [-0.2, 0) is 0 Å². The minimum absolute atomic E-state index is 0.206. The van der Waals surface area contributed by atoms with Gasteiger partial charge in [0.1, 0.15) is 17.3 Å². The summed E-state index contributed by atoms with van der Waals surface area (Å²) in [5, 5.41) is 8.55. The Balaban J connectivity index is 1.58. The van der Waals surface area contributed by atoms with Crippen LogP contribution in [0.3, 0.4) is 0 Å². The van der Waals surface area contributed by atoms with E-state index in [2.05, 4.69) is 25.4 Å². The van der Waals surface area contributed by atoms with Crippen LogP contribution >= 0.6 is 0 Å². The molecule has 8 nitrogen and oxygen atoms in total. The molecule has 0 spiro atoms. The van der Waals surface area contributed by atoms with Gasteiger partial charge in [-0.05, 0) is 48.5 Å². The molecule has 1 N–H and O–H groups in total. The molecule has 0 aliphatic rings. The monoisotopic (exact) mass is 384 g/mol. The molecule has 0 atom stereocenters. The Hall–Kier alpha value is -4.20. The normalized spacial score (nSPS) is 10.9. The van der Waals surface area contributed by atoms with Gasteiger partial charge < -0.3 is 14.8 Å². The van der Waals surface area contributed by atoms with Gasteiger partial charge in [0.15, 0.2) is 5.65 Å². The highest BCUT2D eigenvalue weighted by Gasteiger charge is 2.15. The number of nitrogens with zero attached hydrogens (tertiary/aromatic N) is 5. The molecule has 0 bridgehead atoms. The van der Waals surface area contributed by atoms with Gasteiger partial charge in [-0.25, -0.2) is 4.98 Å². The molecular formula is C21H16N6O2. The van der Waals surface area contributed by atoms with Gasteiger partial charge >= 0.3 is 6.01 Å². The van der Waals surface area contributed by atoms with Crippen molar-refractivity contribution in [2.45, 2.75) is 0 Å². The maximum atomic E-state index is 5.75. The lowest BCUT2D eigenvalue weighted by molar-refractivity contribution is 0.415. The smallest absolute Gasteiger partial charge is 0.343 e. The predicted molar refractivity (Wildman–Crippen MR) is 109 cm³/mol. The zero-order valence-corrected chi connectivity index (χ0v) is 15.5. The highest BCUT2D eigenvalue weighted by Crippen LogP contribution is 2.26. The summed E-state index contributed by atoms with van der Waals surface area (Å²) >= 11 is 0. The summed E-state index contributed by atoms with van der Waals surface area (Å²) in [6, 6.07) is 21.0. The van der Waals surface area contributed by atoms with E-state index >= 15 is 0 Å². The molecule has 29 heavy (non-hydrogen) atoms. The minimum atomic E-state index is 0.206. The van der Waals surface area contributed by atoms with E-state index in [0.29, 0.717) is 23.0 Å². The van der Waals surface area contributed by atoms with Crippen LogP contribution in [0.4, 0.5) is 11.5 Å². The van der Waals surface area contributed by atoms with E-state index < -0.39 is 0 Å². The van der Waals surface area contributed by atoms with Crippen molar-refractivity contribution in [1.29, 1.82) is 0 Å². The number of hydrogen-bond acceptors (Lipinski definition) is 7. The lowest BCUT2D eigenvalue weighted by Gasteiger charge is -2.09. The Morgan fingerprint density at radius 2 is 1.69 bits per heavy atom. The van der Waals surface area contributed by atoms with E-state index in [-0.39, 0.29) is 6.01 Å². The molecular weight excluding hydrogens is 368 g/mol. The number of benzene rings is 2. The summed E-state index contributed by atoms with van der Waals surface area (Å²) in [6.07, 6.45) is 1.71. The van der Waals surface area contributed by atoms with Crippen molar-refractivity contribution in [2.75, 3.05) is 12.4 Å². The molecule has 2 aromatic carbocycles. The van der Waals surface area contributed by atoms with E-state index in [0.717, 1.165) is 16.8 Å². The third kappa shape index (κ3) is 3.27. The molecule has 5 rings (SSSR count). The molecule has 0 radical (unpaired) electrons. The van der Waals surface area contributed by atoms with Crippen LogP contribution in [0.1, 0.15) is 0 Å². The van der Waals surface area contributed by atoms with Gasteiger partial charge in [-0.2, -0.15) is 14.5 Å². The van der Waals surface area contributed by atoms with E-state index in [4.69, 9.17) is 9.47 Å². The molecule has 3 aromatic heterocycles. The Labute approximate surface area is 165 Å². The fourth-order valence-electron chi connectivity index (χ4n) is 2.95. The maximum absolute atomic E-state index is 5.75. The van der Waals surface area contributed by atoms with Gasteiger partial charge in [-0.15, -0.1) is 5.10 Å². The van der Waals surface area contributed by atoms with Crippen molar-refractivity contribution < 1.29 is 9.47 Å². The number of ether oxygens (including phenoxy) is 2. The average Bonchev–Trinajstić information content (AvgIpc) is 3.17. The first-order chi connectivity index (χ1) is 14.3. The Morgan fingerprint density at radius 3 is 2.48 bits per heavy atom. The van der Waals surface area contributed by atoms with Gasteiger partial charge in [0.25, 0.3) is 5.78 Å². The second-order valence-corrected chi connectivity index (χ2v) is 6.21. The van der Waals surface area contributed by atoms with Gasteiger partial charge in [0.2, 0.25) is 0 Å². The molecule has 0 fully saturated rings. The molecule has 0 saturated carbocycles. The van der Waals surface area contributed by atoms with Gasteiger partial charge in [-0.3, -0.25) is 0 Å². The summed E-state index contributed by atoms with van der Waals surface area (Å²) in [5.41, 5.74) is 1.50. The number of anilines is 2. The van der Waals surface area contributed by atoms with Crippen molar-refractivity contribution in [2.24, 2.45) is 0 Å². The molecule has 142 valence electrons. The fourth-order valence-corrected chi connectivity index (χ4v) is 2.95. The third-order valence-electron chi connectivity index (χ3n) is 4.33. The number of fused-ring (bicyclic) bond motifs is 3. The van der Waals surface area contributed by atoms with Gasteiger partial charge in [0, 0.05) is 11.9 Å². The van der Waals surface area contributed by atoms with Gasteiger partial charge in [-0.1, -0.05) is 18.2 Å². The average molecular weight is 384 g/mol. The van der Waals surface area contributed by atoms with Gasteiger partial charge in [0.05, 0.1) is 12.5 Å². The van der Waals surface area contributed by atoms with Crippen molar-refractivity contribution in [3.8, 4) is 17.5 Å². The number of hydrogen-bond donors (Lipinski definition) is 1. The van der Waals surface area contributed by atoms with Crippen LogP contribution in [0, 0.1) is 0 Å². The topological polar surface area (TPSA) is 86.5 Å². The van der Waals surface area contributed by atoms with Crippen molar-refractivity contribution in [3.05, 3.63) is 72.9 Å². The molecule has 0 aliphatic heterocycles. The molecule has 0 saturated heterocycles.